The molecule has 0 fully saturated rings. The third kappa shape index (κ3) is 2.95. The van der Waals surface area contributed by atoms with Crippen LogP contribution < -0.4 is 0 Å². The van der Waals surface area contributed by atoms with Crippen molar-refractivity contribution in [2.75, 3.05) is 0 Å². The second-order valence-electron chi connectivity index (χ2n) is 8.44. The molecule has 0 spiro atoms. The van der Waals surface area contributed by atoms with Crippen molar-refractivity contribution in [2.24, 2.45) is 11.8 Å². The number of aryl methyl sites for hydroxylation is 1. The monoisotopic (exact) mass is 429 g/mol. The lowest BCUT2D eigenvalue weighted by molar-refractivity contribution is 0.225. The minimum atomic E-state index is -0.305. The van der Waals surface area contributed by atoms with Gasteiger partial charge in [0.1, 0.15) is 34.6 Å². The molecule has 1 aromatic heterocycles. The summed E-state index contributed by atoms with van der Waals surface area (Å²) in [5.41, 5.74) is 3.47. The maximum atomic E-state index is 13.7. The van der Waals surface area contributed by atoms with Gasteiger partial charge in [0, 0.05) is 41.4 Å². The minimum Gasteiger partial charge on any atom is -0.460 e. The van der Waals surface area contributed by atoms with Crippen LogP contribution >= 0.6 is 0 Å². The number of nitrogens with zero attached hydrogens (tertiary/aromatic N) is 1. The lowest BCUT2D eigenvalue weighted by Gasteiger charge is -2.43. The topological polar surface area (TPSA) is 35.3 Å². The molecule has 160 valence electrons. The highest BCUT2D eigenvalue weighted by Gasteiger charge is 2.47. The molecule has 0 radical (unpaired) electrons. The number of ether oxygens (including phenoxy) is 1. The smallest absolute Gasteiger partial charge is 0.194 e. The fraction of sp³-hybridized carbons (Fsp3) is 0.222. The maximum Gasteiger partial charge on any atom is 0.194 e. The van der Waals surface area contributed by atoms with Gasteiger partial charge in [-0.05, 0) is 48.4 Å². The summed E-state index contributed by atoms with van der Waals surface area (Å²) < 4.78 is 40.0. The summed E-state index contributed by atoms with van der Waals surface area (Å²) in [6.07, 6.45) is 7.95. The standard InChI is InChI=1S/C27H21F2NO2/c1-2-23-30-21-14-22-25-19(4-3-5-20(25)27(21)32-23)24(15-6-10-17(28)11-7-15)26(31-22)16-8-12-18(29)13-9-16/h3-4,6-14,19-20,25H,2,5H2,1H3. The van der Waals surface area contributed by atoms with Gasteiger partial charge in [-0.1, -0.05) is 31.2 Å². The second kappa shape index (κ2) is 7.30. The van der Waals surface area contributed by atoms with Gasteiger partial charge in [0.2, 0.25) is 0 Å². The van der Waals surface area contributed by atoms with E-state index >= 15 is 0 Å². The predicted octanol–water partition coefficient (Wildman–Crippen LogP) is 6.74. The van der Waals surface area contributed by atoms with E-state index in [0.717, 1.165) is 52.6 Å². The molecular formula is C27H21F2NO2. The van der Waals surface area contributed by atoms with Crippen molar-refractivity contribution >= 4 is 17.4 Å². The Morgan fingerprint density at radius 1 is 0.969 bits per heavy atom. The van der Waals surface area contributed by atoms with E-state index < -0.39 is 0 Å². The molecular weight excluding hydrogens is 408 g/mol. The summed E-state index contributed by atoms with van der Waals surface area (Å²) in [5.74, 6) is 2.76. The average molecular weight is 429 g/mol. The Balaban J connectivity index is 1.57. The summed E-state index contributed by atoms with van der Waals surface area (Å²) in [7, 11) is 0. The predicted molar refractivity (Wildman–Crippen MR) is 118 cm³/mol. The van der Waals surface area contributed by atoms with Crippen molar-refractivity contribution < 1.29 is 17.9 Å². The molecule has 1 aliphatic heterocycles. The largest absolute Gasteiger partial charge is 0.460 e. The van der Waals surface area contributed by atoms with E-state index in [1.54, 1.807) is 24.3 Å². The normalized spacial score (nSPS) is 23.3. The van der Waals surface area contributed by atoms with Crippen molar-refractivity contribution in [3.63, 3.8) is 0 Å². The molecule has 2 aliphatic carbocycles. The minimum absolute atomic E-state index is 0.0163. The van der Waals surface area contributed by atoms with Crippen LogP contribution in [0.15, 0.2) is 70.9 Å². The lowest BCUT2D eigenvalue weighted by Crippen LogP contribution is -2.33. The number of oxazole rings is 1. The number of rotatable bonds is 3. The third-order valence-corrected chi connectivity index (χ3v) is 6.59. The number of benzene rings is 2. The highest BCUT2D eigenvalue weighted by atomic mass is 19.1. The van der Waals surface area contributed by atoms with Gasteiger partial charge >= 0.3 is 0 Å². The lowest BCUT2D eigenvalue weighted by atomic mass is 9.66. The van der Waals surface area contributed by atoms with Crippen molar-refractivity contribution in [1.29, 1.82) is 0 Å². The summed E-state index contributed by atoms with van der Waals surface area (Å²) >= 11 is 0. The summed E-state index contributed by atoms with van der Waals surface area (Å²) in [4.78, 5) is 4.65. The van der Waals surface area contributed by atoms with Crippen molar-refractivity contribution in [3.05, 3.63) is 107 Å². The molecule has 3 unspecified atom stereocenters. The quantitative estimate of drug-likeness (QED) is 0.432. The molecule has 0 N–H and O–H groups in total. The zero-order valence-corrected chi connectivity index (χ0v) is 17.5. The zero-order valence-electron chi connectivity index (χ0n) is 17.5. The zero-order chi connectivity index (χ0) is 21.8. The fourth-order valence-electron chi connectivity index (χ4n) is 5.14. The van der Waals surface area contributed by atoms with E-state index in [9.17, 15) is 8.78 Å². The molecule has 3 atom stereocenters. The molecule has 0 saturated carbocycles. The molecule has 6 rings (SSSR count). The van der Waals surface area contributed by atoms with Crippen LogP contribution in [-0.2, 0) is 11.2 Å². The molecule has 3 aromatic rings. The fourth-order valence-corrected chi connectivity index (χ4v) is 5.14. The Labute approximate surface area is 184 Å². The number of fused-ring (bicyclic) bond motifs is 2. The highest BCUT2D eigenvalue weighted by Crippen LogP contribution is 2.56. The van der Waals surface area contributed by atoms with Crippen LogP contribution in [-0.4, -0.2) is 4.98 Å². The Hall–Kier alpha value is -3.47. The van der Waals surface area contributed by atoms with E-state index in [0.29, 0.717) is 5.76 Å². The molecule has 0 bridgehead atoms. The third-order valence-electron chi connectivity index (χ3n) is 6.59. The molecule has 3 aliphatic rings. The van der Waals surface area contributed by atoms with Crippen LogP contribution in [0.4, 0.5) is 8.78 Å². The SMILES string of the molecule is CCc1nc2c(o1)C1CC=CC3C(c4ccc(F)cc4)=C(c4ccc(F)cc4)OC(=C2)C31. The Morgan fingerprint density at radius 3 is 2.34 bits per heavy atom. The molecule has 2 heterocycles. The van der Waals surface area contributed by atoms with E-state index in [1.807, 2.05) is 13.0 Å². The van der Waals surface area contributed by atoms with Crippen LogP contribution in [0.2, 0.25) is 0 Å². The van der Waals surface area contributed by atoms with E-state index in [2.05, 4.69) is 17.1 Å². The van der Waals surface area contributed by atoms with E-state index in [4.69, 9.17) is 9.15 Å². The van der Waals surface area contributed by atoms with Gasteiger partial charge in [0.05, 0.1) is 0 Å². The van der Waals surface area contributed by atoms with Gasteiger partial charge in [-0.3, -0.25) is 0 Å². The van der Waals surface area contributed by atoms with Crippen molar-refractivity contribution in [1.82, 2.24) is 4.98 Å². The molecule has 0 saturated heterocycles. The van der Waals surface area contributed by atoms with Gasteiger partial charge in [-0.25, -0.2) is 13.8 Å². The first kappa shape index (κ1) is 19.2. The maximum absolute atomic E-state index is 13.7. The first-order valence-electron chi connectivity index (χ1n) is 10.9. The summed E-state index contributed by atoms with van der Waals surface area (Å²) in [6, 6.07) is 12.8. The van der Waals surface area contributed by atoms with Crippen LogP contribution in [0.5, 0.6) is 0 Å². The van der Waals surface area contributed by atoms with Crippen molar-refractivity contribution in [3.8, 4) is 0 Å². The average Bonchev–Trinajstić information content (AvgIpc) is 3.24. The molecule has 0 amide bonds. The molecule has 32 heavy (non-hydrogen) atoms. The van der Waals surface area contributed by atoms with Crippen LogP contribution in [0.3, 0.4) is 0 Å². The number of hydrogen-bond donors (Lipinski definition) is 0. The van der Waals surface area contributed by atoms with Crippen LogP contribution in [0, 0.1) is 23.5 Å². The summed E-state index contributed by atoms with van der Waals surface area (Å²) in [6.45, 7) is 2.03. The van der Waals surface area contributed by atoms with Crippen molar-refractivity contribution in [2.45, 2.75) is 25.7 Å². The summed E-state index contributed by atoms with van der Waals surface area (Å²) in [5, 5.41) is 0. The first-order chi connectivity index (χ1) is 15.6. The van der Waals surface area contributed by atoms with E-state index in [1.165, 1.54) is 24.3 Å². The van der Waals surface area contributed by atoms with Gasteiger partial charge in [-0.15, -0.1) is 0 Å². The number of halogens is 2. The number of allylic oxidation sites excluding steroid dienone is 4. The van der Waals surface area contributed by atoms with Crippen LogP contribution in [0.25, 0.3) is 17.4 Å². The highest BCUT2D eigenvalue weighted by molar-refractivity contribution is 5.92. The number of aromatic nitrogens is 1. The molecule has 3 nitrogen and oxygen atoms in total. The Morgan fingerprint density at radius 2 is 1.66 bits per heavy atom. The molecule has 2 aromatic carbocycles. The van der Waals surface area contributed by atoms with Gasteiger partial charge in [-0.2, -0.15) is 0 Å². The van der Waals surface area contributed by atoms with E-state index in [-0.39, 0.29) is 29.4 Å². The number of hydrogen-bond acceptors (Lipinski definition) is 3. The first-order valence-corrected chi connectivity index (χ1v) is 10.9. The van der Waals surface area contributed by atoms with Gasteiger partial charge in [0.25, 0.3) is 0 Å². The second-order valence-corrected chi connectivity index (χ2v) is 8.44. The van der Waals surface area contributed by atoms with Gasteiger partial charge in [0.15, 0.2) is 5.89 Å². The van der Waals surface area contributed by atoms with Crippen LogP contribution in [0.1, 0.15) is 47.7 Å². The molecule has 5 heteroatoms. The Kier molecular flexibility index (Phi) is 4.39. The van der Waals surface area contributed by atoms with Gasteiger partial charge < -0.3 is 9.15 Å². The Bertz CT molecular complexity index is 1280.